The van der Waals surface area contributed by atoms with Crippen molar-refractivity contribution >= 4 is 5.82 Å². The van der Waals surface area contributed by atoms with Crippen molar-refractivity contribution < 1.29 is 0 Å². The minimum atomic E-state index is 0.654. The first-order valence-electron chi connectivity index (χ1n) is 10.4. The Morgan fingerprint density at radius 1 is 0.800 bits per heavy atom. The van der Waals surface area contributed by atoms with Crippen LogP contribution in [0, 0.1) is 11.3 Å². The number of nitriles is 1. The van der Waals surface area contributed by atoms with E-state index >= 15 is 0 Å². The summed E-state index contributed by atoms with van der Waals surface area (Å²) in [6.45, 7) is 0.946. The molecule has 0 aliphatic carbocycles. The zero-order valence-electron chi connectivity index (χ0n) is 16.7. The maximum atomic E-state index is 9.10. The smallest absolute Gasteiger partial charge is 0.133 e. The summed E-state index contributed by atoms with van der Waals surface area (Å²) < 4.78 is 1.99. The Balaban J connectivity index is 1.58. The number of nitrogens with one attached hydrogen (secondary N) is 1. The largest absolute Gasteiger partial charge is 0.370 e. The first kappa shape index (κ1) is 18.2. The summed E-state index contributed by atoms with van der Waals surface area (Å²) in [4.78, 5) is 0. The van der Waals surface area contributed by atoms with E-state index in [4.69, 9.17) is 10.4 Å². The highest BCUT2D eigenvalue weighted by Gasteiger charge is 2.21. The van der Waals surface area contributed by atoms with Crippen molar-refractivity contribution in [3.05, 3.63) is 90.0 Å². The number of fused-ring (bicyclic) bond motifs is 1. The van der Waals surface area contributed by atoms with E-state index in [0.29, 0.717) is 5.56 Å². The molecule has 0 fully saturated rings. The summed E-state index contributed by atoms with van der Waals surface area (Å²) in [6, 6.07) is 28.9. The van der Waals surface area contributed by atoms with E-state index in [2.05, 4.69) is 59.9 Å². The van der Waals surface area contributed by atoms with Crippen LogP contribution in [0.4, 0.5) is 5.82 Å². The molecule has 1 aliphatic heterocycles. The fourth-order valence-corrected chi connectivity index (χ4v) is 4.05. The summed E-state index contributed by atoms with van der Waals surface area (Å²) in [5, 5.41) is 17.7. The van der Waals surface area contributed by atoms with Crippen molar-refractivity contribution in [2.45, 2.75) is 19.3 Å². The van der Waals surface area contributed by atoms with Crippen molar-refractivity contribution in [3.8, 4) is 34.1 Å². The van der Waals surface area contributed by atoms with Crippen LogP contribution in [-0.4, -0.2) is 16.3 Å². The van der Waals surface area contributed by atoms with E-state index in [1.807, 2.05) is 35.0 Å². The van der Waals surface area contributed by atoms with E-state index < -0.39 is 0 Å². The van der Waals surface area contributed by atoms with Crippen molar-refractivity contribution in [2.75, 3.05) is 11.9 Å². The van der Waals surface area contributed by atoms with Gasteiger partial charge in [0.2, 0.25) is 0 Å². The second-order valence-corrected chi connectivity index (χ2v) is 7.57. The lowest BCUT2D eigenvalue weighted by Gasteiger charge is -2.09. The Morgan fingerprint density at radius 2 is 1.50 bits per heavy atom. The van der Waals surface area contributed by atoms with Gasteiger partial charge in [-0.05, 0) is 54.7 Å². The van der Waals surface area contributed by atoms with Crippen LogP contribution in [0.5, 0.6) is 0 Å². The molecule has 1 aliphatic rings. The predicted molar refractivity (Wildman–Crippen MR) is 121 cm³/mol. The minimum absolute atomic E-state index is 0.654. The first-order valence-corrected chi connectivity index (χ1v) is 10.4. The summed E-state index contributed by atoms with van der Waals surface area (Å²) in [7, 11) is 0. The lowest BCUT2D eigenvalue weighted by Crippen LogP contribution is -2.07. The van der Waals surface area contributed by atoms with Crippen LogP contribution in [0.3, 0.4) is 0 Å². The van der Waals surface area contributed by atoms with E-state index in [1.54, 1.807) is 0 Å². The van der Waals surface area contributed by atoms with Gasteiger partial charge in [0.25, 0.3) is 0 Å². The second kappa shape index (κ2) is 7.88. The highest BCUT2D eigenvalue weighted by Crippen LogP contribution is 2.34. The third kappa shape index (κ3) is 3.35. The molecule has 0 amide bonds. The average molecular weight is 390 g/mol. The van der Waals surface area contributed by atoms with Crippen LogP contribution in [0.15, 0.2) is 78.9 Å². The Labute approximate surface area is 176 Å². The molecule has 1 N–H and O–H groups in total. The Hall–Kier alpha value is -3.84. The minimum Gasteiger partial charge on any atom is -0.370 e. The second-order valence-electron chi connectivity index (χ2n) is 7.57. The Bertz CT molecular complexity index is 1200. The van der Waals surface area contributed by atoms with Crippen LogP contribution in [0.2, 0.25) is 0 Å². The van der Waals surface area contributed by atoms with Crippen LogP contribution in [-0.2, 0) is 6.42 Å². The van der Waals surface area contributed by atoms with Crippen molar-refractivity contribution in [1.82, 2.24) is 9.78 Å². The van der Waals surface area contributed by atoms with Gasteiger partial charge in [-0.15, -0.1) is 0 Å². The van der Waals surface area contributed by atoms with Gasteiger partial charge in [-0.1, -0.05) is 54.6 Å². The molecule has 0 radical (unpaired) electrons. The van der Waals surface area contributed by atoms with Gasteiger partial charge >= 0.3 is 0 Å². The standard InChI is InChI=1S/C26H22N4/c27-18-19-9-15-23(16-10-19)30-26-24(8-4-5-17-28-26)25(29-30)22-13-11-21(12-14-22)20-6-2-1-3-7-20/h1-3,6-7,9-16,28H,4-5,8,17H2. The normalized spacial score (nSPS) is 13.0. The molecule has 0 saturated carbocycles. The van der Waals surface area contributed by atoms with Crippen LogP contribution < -0.4 is 5.32 Å². The van der Waals surface area contributed by atoms with Gasteiger partial charge in [-0.25, -0.2) is 4.68 Å². The lowest BCUT2D eigenvalue weighted by molar-refractivity contribution is 0.780. The fourth-order valence-electron chi connectivity index (χ4n) is 4.05. The van der Waals surface area contributed by atoms with E-state index in [0.717, 1.165) is 48.6 Å². The molecule has 4 heteroatoms. The zero-order chi connectivity index (χ0) is 20.3. The molecule has 0 spiro atoms. The quantitative estimate of drug-likeness (QED) is 0.479. The van der Waals surface area contributed by atoms with Crippen LogP contribution in [0.1, 0.15) is 24.0 Å². The fraction of sp³-hybridized carbons (Fsp3) is 0.154. The van der Waals surface area contributed by atoms with E-state index in [-0.39, 0.29) is 0 Å². The predicted octanol–water partition coefficient (Wildman–Crippen LogP) is 5.83. The molecular formula is C26H22N4. The Kier molecular flexibility index (Phi) is 4.78. The molecule has 146 valence electrons. The van der Waals surface area contributed by atoms with Gasteiger partial charge in [-0.3, -0.25) is 0 Å². The number of nitrogens with zero attached hydrogens (tertiary/aromatic N) is 3. The summed E-state index contributed by atoms with van der Waals surface area (Å²) in [5.41, 5.74) is 7.46. The van der Waals surface area contributed by atoms with Crippen molar-refractivity contribution in [1.29, 1.82) is 5.26 Å². The summed E-state index contributed by atoms with van der Waals surface area (Å²) >= 11 is 0. The molecule has 0 bridgehead atoms. The van der Waals surface area contributed by atoms with E-state index in [1.165, 1.54) is 16.7 Å². The van der Waals surface area contributed by atoms with Gasteiger partial charge in [0, 0.05) is 17.7 Å². The number of hydrogen-bond donors (Lipinski definition) is 1. The van der Waals surface area contributed by atoms with Crippen LogP contribution >= 0.6 is 0 Å². The monoisotopic (exact) mass is 390 g/mol. The number of hydrogen-bond acceptors (Lipinski definition) is 3. The SMILES string of the molecule is N#Cc1ccc(-n2nc(-c3ccc(-c4ccccc4)cc3)c3c2NCCCC3)cc1. The zero-order valence-corrected chi connectivity index (χ0v) is 16.7. The molecule has 0 atom stereocenters. The highest BCUT2D eigenvalue weighted by molar-refractivity contribution is 5.74. The molecule has 0 saturated heterocycles. The molecular weight excluding hydrogens is 368 g/mol. The van der Waals surface area contributed by atoms with Crippen LogP contribution in [0.25, 0.3) is 28.1 Å². The third-order valence-electron chi connectivity index (χ3n) is 5.64. The molecule has 3 aromatic carbocycles. The molecule has 1 aromatic heterocycles. The number of benzene rings is 3. The third-order valence-corrected chi connectivity index (χ3v) is 5.64. The highest BCUT2D eigenvalue weighted by atomic mass is 15.3. The summed E-state index contributed by atoms with van der Waals surface area (Å²) in [5.74, 6) is 1.07. The number of anilines is 1. The van der Waals surface area contributed by atoms with Gasteiger partial charge in [0.1, 0.15) is 5.82 Å². The van der Waals surface area contributed by atoms with Gasteiger partial charge in [-0.2, -0.15) is 10.4 Å². The van der Waals surface area contributed by atoms with Crippen molar-refractivity contribution in [2.24, 2.45) is 0 Å². The lowest BCUT2D eigenvalue weighted by atomic mass is 10.00. The topological polar surface area (TPSA) is 53.6 Å². The van der Waals surface area contributed by atoms with Gasteiger partial charge in [0.15, 0.2) is 0 Å². The van der Waals surface area contributed by atoms with Gasteiger partial charge in [0.05, 0.1) is 23.0 Å². The molecule has 0 unspecified atom stereocenters. The summed E-state index contributed by atoms with van der Waals surface area (Å²) in [6.07, 6.45) is 3.30. The maximum Gasteiger partial charge on any atom is 0.133 e. The molecule has 4 aromatic rings. The molecule has 4 nitrogen and oxygen atoms in total. The van der Waals surface area contributed by atoms with E-state index in [9.17, 15) is 0 Å². The molecule has 2 heterocycles. The number of aromatic nitrogens is 2. The molecule has 30 heavy (non-hydrogen) atoms. The maximum absolute atomic E-state index is 9.10. The first-order chi connectivity index (χ1) is 14.8. The molecule has 5 rings (SSSR count). The Morgan fingerprint density at radius 3 is 2.23 bits per heavy atom. The number of rotatable bonds is 3. The average Bonchev–Trinajstić information content (AvgIpc) is 3.00. The van der Waals surface area contributed by atoms with Gasteiger partial charge < -0.3 is 5.32 Å². The van der Waals surface area contributed by atoms with Crippen molar-refractivity contribution in [3.63, 3.8) is 0 Å².